The number of nitrogens with zero attached hydrogens (tertiary/aromatic N) is 1. The lowest BCUT2D eigenvalue weighted by atomic mass is 10.1. The lowest BCUT2D eigenvalue weighted by Crippen LogP contribution is -2.05. The standard InChI is InChI=1S/C7H6Cl2F2N2/c8-4-2-13-6(9)5(7(10)11)3(4)1-12/h2,7H,1,12H2. The van der Waals surface area contributed by atoms with Crippen molar-refractivity contribution in [1.82, 2.24) is 4.98 Å². The third-order valence-corrected chi connectivity index (χ3v) is 2.18. The zero-order chi connectivity index (χ0) is 10.0. The third-order valence-electron chi connectivity index (χ3n) is 1.55. The van der Waals surface area contributed by atoms with Gasteiger partial charge in [-0.3, -0.25) is 0 Å². The first kappa shape index (κ1) is 10.6. The fourth-order valence-corrected chi connectivity index (χ4v) is 1.42. The van der Waals surface area contributed by atoms with E-state index in [1.165, 1.54) is 6.20 Å². The summed E-state index contributed by atoms with van der Waals surface area (Å²) in [6.07, 6.45) is -1.50. The zero-order valence-corrected chi connectivity index (χ0v) is 7.91. The zero-order valence-electron chi connectivity index (χ0n) is 6.40. The highest BCUT2D eigenvalue weighted by molar-refractivity contribution is 6.33. The molecule has 0 saturated heterocycles. The molecule has 0 bridgehead atoms. The van der Waals surface area contributed by atoms with Crippen LogP contribution in [0.5, 0.6) is 0 Å². The molecule has 0 aliphatic heterocycles. The summed E-state index contributed by atoms with van der Waals surface area (Å²) in [5.41, 5.74) is 5.03. The molecule has 72 valence electrons. The molecule has 0 aliphatic carbocycles. The monoisotopic (exact) mass is 226 g/mol. The minimum absolute atomic E-state index is 0.0826. The van der Waals surface area contributed by atoms with Gasteiger partial charge >= 0.3 is 0 Å². The smallest absolute Gasteiger partial charge is 0.267 e. The molecule has 6 heteroatoms. The van der Waals surface area contributed by atoms with Crippen LogP contribution in [0.3, 0.4) is 0 Å². The van der Waals surface area contributed by atoms with E-state index < -0.39 is 6.43 Å². The highest BCUT2D eigenvalue weighted by Gasteiger charge is 2.19. The van der Waals surface area contributed by atoms with Crippen LogP contribution in [0.25, 0.3) is 0 Å². The van der Waals surface area contributed by atoms with Crippen LogP contribution in [-0.2, 0) is 6.54 Å². The molecule has 1 aromatic rings. The number of pyridine rings is 1. The molecule has 0 spiro atoms. The van der Waals surface area contributed by atoms with Crippen LogP contribution in [0.4, 0.5) is 8.78 Å². The summed E-state index contributed by atoms with van der Waals surface area (Å²) in [6.45, 7) is -0.0826. The topological polar surface area (TPSA) is 38.9 Å². The van der Waals surface area contributed by atoms with E-state index in [2.05, 4.69) is 4.98 Å². The van der Waals surface area contributed by atoms with Crippen molar-refractivity contribution in [2.24, 2.45) is 5.73 Å². The maximum atomic E-state index is 12.4. The van der Waals surface area contributed by atoms with Gasteiger partial charge in [0.05, 0.1) is 10.6 Å². The van der Waals surface area contributed by atoms with E-state index in [0.29, 0.717) is 0 Å². The number of aromatic nitrogens is 1. The van der Waals surface area contributed by atoms with Gasteiger partial charge in [-0.2, -0.15) is 0 Å². The Bertz CT molecular complexity index is 318. The van der Waals surface area contributed by atoms with Crippen molar-refractivity contribution in [2.75, 3.05) is 0 Å². The fourth-order valence-electron chi connectivity index (χ4n) is 0.943. The number of hydrogen-bond acceptors (Lipinski definition) is 2. The van der Waals surface area contributed by atoms with E-state index in [1.54, 1.807) is 0 Å². The van der Waals surface area contributed by atoms with Gasteiger partial charge in [0, 0.05) is 12.7 Å². The molecule has 13 heavy (non-hydrogen) atoms. The van der Waals surface area contributed by atoms with Gasteiger partial charge in [0.15, 0.2) is 0 Å². The highest BCUT2D eigenvalue weighted by Crippen LogP contribution is 2.32. The fraction of sp³-hybridized carbons (Fsp3) is 0.286. The van der Waals surface area contributed by atoms with Crippen molar-refractivity contribution >= 4 is 23.2 Å². The van der Waals surface area contributed by atoms with Gasteiger partial charge in [0.2, 0.25) is 0 Å². The molecule has 0 radical (unpaired) electrons. The minimum Gasteiger partial charge on any atom is -0.326 e. The summed E-state index contributed by atoms with van der Waals surface area (Å²) in [5.74, 6) is 0. The summed E-state index contributed by atoms with van der Waals surface area (Å²) in [7, 11) is 0. The molecule has 0 amide bonds. The molecule has 0 fully saturated rings. The van der Waals surface area contributed by atoms with E-state index in [4.69, 9.17) is 28.9 Å². The molecular formula is C7H6Cl2F2N2. The number of alkyl halides is 2. The van der Waals surface area contributed by atoms with Crippen LogP contribution in [0.15, 0.2) is 6.20 Å². The van der Waals surface area contributed by atoms with Crippen LogP contribution >= 0.6 is 23.2 Å². The summed E-state index contributed by atoms with van der Waals surface area (Å²) in [6, 6.07) is 0. The van der Waals surface area contributed by atoms with Gasteiger partial charge in [0.1, 0.15) is 5.15 Å². The maximum Gasteiger partial charge on any atom is 0.267 e. The van der Waals surface area contributed by atoms with Crippen molar-refractivity contribution < 1.29 is 8.78 Å². The molecule has 1 heterocycles. The lowest BCUT2D eigenvalue weighted by Gasteiger charge is -2.09. The Labute approximate surface area is 83.7 Å². The quantitative estimate of drug-likeness (QED) is 0.789. The average Bonchev–Trinajstić information content (AvgIpc) is 2.07. The van der Waals surface area contributed by atoms with Gasteiger partial charge in [-0.15, -0.1) is 0 Å². The van der Waals surface area contributed by atoms with Gasteiger partial charge in [0.25, 0.3) is 6.43 Å². The molecule has 0 atom stereocenters. The maximum absolute atomic E-state index is 12.4. The van der Waals surface area contributed by atoms with Crippen molar-refractivity contribution in [2.45, 2.75) is 13.0 Å². The van der Waals surface area contributed by atoms with Gasteiger partial charge < -0.3 is 5.73 Å². The Morgan fingerprint density at radius 3 is 2.46 bits per heavy atom. The number of halogens is 4. The highest BCUT2D eigenvalue weighted by atomic mass is 35.5. The van der Waals surface area contributed by atoms with Gasteiger partial charge in [-0.1, -0.05) is 23.2 Å². The first-order chi connectivity index (χ1) is 6.07. The second-order valence-electron chi connectivity index (χ2n) is 2.29. The summed E-state index contributed by atoms with van der Waals surface area (Å²) in [5, 5.41) is -0.137. The third kappa shape index (κ3) is 2.07. The summed E-state index contributed by atoms with van der Waals surface area (Å²) in [4.78, 5) is 3.51. The van der Waals surface area contributed by atoms with Crippen molar-refractivity contribution in [3.63, 3.8) is 0 Å². The predicted octanol–water partition coefficient (Wildman–Crippen LogP) is 2.78. The van der Waals surface area contributed by atoms with Crippen LogP contribution in [-0.4, -0.2) is 4.98 Å². The predicted molar refractivity (Wildman–Crippen MR) is 47.1 cm³/mol. The van der Waals surface area contributed by atoms with Crippen LogP contribution in [0.2, 0.25) is 10.2 Å². The van der Waals surface area contributed by atoms with E-state index >= 15 is 0 Å². The van der Waals surface area contributed by atoms with E-state index in [0.717, 1.165) is 0 Å². The molecular weight excluding hydrogens is 221 g/mol. The van der Waals surface area contributed by atoms with E-state index in [9.17, 15) is 8.78 Å². The first-order valence-electron chi connectivity index (χ1n) is 3.39. The second kappa shape index (κ2) is 4.17. The van der Waals surface area contributed by atoms with Crippen LogP contribution in [0.1, 0.15) is 17.6 Å². The van der Waals surface area contributed by atoms with Gasteiger partial charge in [-0.05, 0) is 5.56 Å². The molecule has 1 rings (SSSR count). The minimum atomic E-state index is -2.71. The number of rotatable bonds is 2. The molecule has 2 nitrogen and oxygen atoms in total. The van der Waals surface area contributed by atoms with Crippen molar-refractivity contribution in [3.05, 3.63) is 27.5 Å². The van der Waals surface area contributed by atoms with Crippen LogP contribution < -0.4 is 5.73 Å². The Hall–Kier alpha value is -0.450. The van der Waals surface area contributed by atoms with Crippen molar-refractivity contribution in [3.8, 4) is 0 Å². The Kier molecular flexibility index (Phi) is 3.41. The summed E-state index contributed by atoms with van der Waals surface area (Å²) >= 11 is 11.1. The SMILES string of the molecule is NCc1c(Cl)cnc(Cl)c1C(F)F. The van der Waals surface area contributed by atoms with E-state index in [1.807, 2.05) is 0 Å². The molecule has 0 aromatic carbocycles. The Morgan fingerprint density at radius 1 is 1.46 bits per heavy atom. The number of hydrogen-bond donors (Lipinski definition) is 1. The van der Waals surface area contributed by atoms with Crippen molar-refractivity contribution in [1.29, 1.82) is 0 Å². The molecule has 0 aliphatic rings. The first-order valence-corrected chi connectivity index (χ1v) is 4.14. The molecule has 1 aromatic heterocycles. The van der Waals surface area contributed by atoms with Crippen LogP contribution in [0, 0.1) is 0 Å². The lowest BCUT2D eigenvalue weighted by molar-refractivity contribution is 0.150. The largest absolute Gasteiger partial charge is 0.326 e. The molecule has 0 saturated carbocycles. The van der Waals surface area contributed by atoms with E-state index in [-0.39, 0.29) is 27.8 Å². The summed E-state index contributed by atoms with van der Waals surface area (Å²) < 4.78 is 24.8. The van der Waals surface area contributed by atoms with Gasteiger partial charge in [-0.25, -0.2) is 13.8 Å². The number of nitrogens with two attached hydrogens (primary N) is 1. The molecule has 2 N–H and O–H groups in total. The Balaban J connectivity index is 3.35. The Morgan fingerprint density at radius 2 is 2.08 bits per heavy atom. The molecule has 0 unspecified atom stereocenters. The second-order valence-corrected chi connectivity index (χ2v) is 3.06. The normalized spacial score (nSPS) is 10.9. The average molecular weight is 227 g/mol.